The van der Waals surface area contributed by atoms with E-state index in [4.69, 9.17) is 0 Å². The monoisotopic (exact) mass is 374 g/mol. The van der Waals surface area contributed by atoms with Gasteiger partial charge in [-0.05, 0) is 24.1 Å². The van der Waals surface area contributed by atoms with Crippen molar-refractivity contribution in [3.63, 3.8) is 0 Å². The van der Waals surface area contributed by atoms with E-state index in [-0.39, 0.29) is 24.0 Å². The molecule has 0 aliphatic carbocycles. The molecule has 0 saturated carbocycles. The van der Waals surface area contributed by atoms with Gasteiger partial charge in [-0.25, -0.2) is 8.42 Å². The predicted octanol–water partition coefficient (Wildman–Crippen LogP) is 2.21. The maximum Gasteiger partial charge on any atom is 0.402 e. The number of halogens is 4. The summed E-state index contributed by atoms with van der Waals surface area (Å²) in [6.45, 7) is -1.67. The molecule has 0 aliphatic heterocycles. The second-order valence-corrected chi connectivity index (χ2v) is 6.94. The van der Waals surface area contributed by atoms with E-state index in [9.17, 15) is 21.6 Å². The van der Waals surface area contributed by atoms with E-state index in [1.807, 2.05) is 0 Å². The van der Waals surface area contributed by atoms with Crippen LogP contribution in [0.1, 0.15) is 5.56 Å². The summed E-state index contributed by atoms with van der Waals surface area (Å²) in [6.07, 6.45) is -1.38. The zero-order valence-electron chi connectivity index (χ0n) is 10.5. The van der Waals surface area contributed by atoms with Crippen molar-refractivity contribution in [2.24, 2.45) is 0 Å². The summed E-state index contributed by atoms with van der Waals surface area (Å²) in [6, 6.07) is 3.27. The predicted molar refractivity (Wildman–Crippen MR) is 73.1 cm³/mol. The van der Waals surface area contributed by atoms with Crippen LogP contribution in [0.15, 0.2) is 24.5 Å². The molecule has 0 unspecified atom stereocenters. The van der Waals surface area contributed by atoms with Crippen LogP contribution in [0.3, 0.4) is 0 Å². The second kappa shape index (κ2) is 7.37. The fraction of sp³-hybridized carbons (Fsp3) is 0.545. The van der Waals surface area contributed by atoms with Crippen molar-refractivity contribution in [1.82, 2.24) is 9.29 Å². The molecule has 9 heteroatoms. The van der Waals surface area contributed by atoms with Crippen molar-refractivity contribution >= 4 is 26.0 Å². The van der Waals surface area contributed by atoms with Gasteiger partial charge in [0.15, 0.2) is 0 Å². The van der Waals surface area contributed by atoms with Crippen molar-refractivity contribution in [3.8, 4) is 0 Å². The van der Waals surface area contributed by atoms with Crippen LogP contribution in [0.2, 0.25) is 0 Å². The third-order valence-electron chi connectivity index (χ3n) is 2.48. The van der Waals surface area contributed by atoms with Gasteiger partial charge in [0.05, 0.1) is 5.75 Å². The molecule has 0 N–H and O–H groups in total. The lowest BCUT2D eigenvalue weighted by atomic mass is 10.2. The summed E-state index contributed by atoms with van der Waals surface area (Å²) in [5.41, 5.74) is 0.717. The van der Waals surface area contributed by atoms with Gasteiger partial charge >= 0.3 is 6.18 Å². The van der Waals surface area contributed by atoms with E-state index in [0.29, 0.717) is 4.31 Å². The van der Waals surface area contributed by atoms with E-state index in [2.05, 4.69) is 20.9 Å². The molecule has 0 aliphatic rings. The summed E-state index contributed by atoms with van der Waals surface area (Å²) >= 11 is 2.96. The molecule has 1 rings (SSSR count). The number of hydrogen-bond donors (Lipinski definition) is 0. The van der Waals surface area contributed by atoms with E-state index in [1.165, 1.54) is 12.4 Å². The molecule has 0 bridgehead atoms. The average molecular weight is 375 g/mol. The lowest BCUT2D eigenvalue weighted by Gasteiger charge is -2.22. The quantitative estimate of drug-likeness (QED) is 0.687. The van der Waals surface area contributed by atoms with E-state index >= 15 is 0 Å². The van der Waals surface area contributed by atoms with Gasteiger partial charge in [0.2, 0.25) is 10.0 Å². The number of pyridine rings is 1. The first-order valence-electron chi connectivity index (χ1n) is 5.74. The number of aromatic nitrogens is 1. The summed E-state index contributed by atoms with van der Waals surface area (Å²) in [5.74, 6) is -0.361. The molecule has 0 saturated heterocycles. The van der Waals surface area contributed by atoms with Crippen LogP contribution in [-0.4, -0.2) is 48.1 Å². The summed E-state index contributed by atoms with van der Waals surface area (Å²) in [4.78, 5) is 3.79. The number of alkyl halides is 4. The SMILES string of the molecule is O=S(=O)(CCc1ccncc1)N(CCBr)CC(F)(F)F. The van der Waals surface area contributed by atoms with Crippen LogP contribution in [-0.2, 0) is 16.4 Å². The Bertz CT molecular complexity index is 508. The molecule has 0 radical (unpaired) electrons. The third-order valence-corrected chi connectivity index (χ3v) is 4.65. The summed E-state index contributed by atoms with van der Waals surface area (Å²) in [7, 11) is -3.95. The van der Waals surface area contributed by atoms with Crippen molar-refractivity contribution in [2.75, 3.05) is 24.2 Å². The molecular weight excluding hydrogens is 361 g/mol. The average Bonchev–Trinajstić information content (AvgIpc) is 2.36. The molecule has 114 valence electrons. The van der Waals surface area contributed by atoms with Crippen LogP contribution in [0.5, 0.6) is 0 Å². The Hall–Kier alpha value is -0.670. The van der Waals surface area contributed by atoms with Crippen molar-refractivity contribution in [3.05, 3.63) is 30.1 Å². The van der Waals surface area contributed by atoms with Gasteiger partial charge < -0.3 is 0 Å². The van der Waals surface area contributed by atoms with Crippen LogP contribution in [0.4, 0.5) is 13.2 Å². The van der Waals surface area contributed by atoms with Crippen LogP contribution in [0.25, 0.3) is 0 Å². The van der Waals surface area contributed by atoms with E-state index < -0.39 is 22.7 Å². The Kier molecular flexibility index (Phi) is 6.41. The molecule has 1 heterocycles. The highest BCUT2D eigenvalue weighted by molar-refractivity contribution is 9.09. The lowest BCUT2D eigenvalue weighted by molar-refractivity contribution is -0.135. The second-order valence-electron chi connectivity index (χ2n) is 4.06. The maximum atomic E-state index is 12.4. The van der Waals surface area contributed by atoms with Gasteiger partial charge in [-0.3, -0.25) is 4.98 Å². The Morgan fingerprint density at radius 3 is 2.35 bits per heavy atom. The number of sulfonamides is 1. The van der Waals surface area contributed by atoms with Gasteiger partial charge in [-0.15, -0.1) is 0 Å². The van der Waals surface area contributed by atoms with Gasteiger partial charge in [0, 0.05) is 24.3 Å². The van der Waals surface area contributed by atoms with Crippen LogP contribution in [0, 0.1) is 0 Å². The van der Waals surface area contributed by atoms with Gasteiger partial charge in [0.1, 0.15) is 6.54 Å². The van der Waals surface area contributed by atoms with Crippen molar-refractivity contribution in [2.45, 2.75) is 12.6 Å². The van der Waals surface area contributed by atoms with Gasteiger partial charge in [0.25, 0.3) is 0 Å². The molecule has 0 fully saturated rings. The van der Waals surface area contributed by atoms with Gasteiger partial charge in [-0.1, -0.05) is 15.9 Å². The minimum absolute atomic E-state index is 0.150. The highest BCUT2D eigenvalue weighted by Crippen LogP contribution is 2.19. The Balaban J connectivity index is 2.72. The third kappa shape index (κ3) is 6.19. The lowest BCUT2D eigenvalue weighted by Crippen LogP contribution is -2.41. The molecule has 0 spiro atoms. The summed E-state index contributed by atoms with van der Waals surface area (Å²) < 4.78 is 61.6. The number of aryl methyl sites for hydroxylation is 1. The molecule has 0 atom stereocenters. The highest BCUT2D eigenvalue weighted by atomic mass is 79.9. The number of hydrogen-bond acceptors (Lipinski definition) is 3. The Labute approximate surface area is 124 Å². The maximum absolute atomic E-state index is 12.4. The minimum Gasteiger partial charge on any atom is -0.265 e. The van der Waals surface area contributed by atoms with E-state index in [1.54, 1.807) is 12.1 Å². The smallest absolute Gasteiger partial charge is 0.265 e. The molecule has 0 amide bonds. The first-order chi connectivity index (χ1) is 9.24. The first-order valence-corrected chi connectivity index (χ1v) is 8.47. The normalized spacial score (nSPS) is 12.8. The standard InChI is InChI=1S/C11H14BrF3N2O2S/c12-4-7-17(9-11(13,14)15)20(18,19)8-3-10-1-5-16-6-2-10/h1-2,5-6H,3-4,7-9H2. The van der Waals surface area contributed by atoms with Crippen LogP contribution >= 0.6 is 15.9 Å². The van der Waals surface area contributed by atoms with Crippen LogP contribution < -0.4 is 0 Å². The fourth-order valence-corrected chi connectivity index (χ4v) is 3.66. The Morgan fingerprint density at radius 2 is 1.85 bits per heavy atom. The molecular formula is C11H14BrF3N2O2S. The Morgan fingerprint density at radius 1 is 1.25 bits per heavy atom. The molecule has 4 nitrogen and oxygen atoms in total. The zero-order valence-corrected chi connectivity index (χ0v) is 12.9. The largest absolute Gasteiger partial charge is 0.402 e. The number of rotatable bonds is 7. The van der Waals surface area contributed by atoms with Crippen molar-refractivity contribution in [1.29, 1.82) is 0 Å². The zero-order chi connectivity index (χ0) is 15.2. The summed E-state index contributed by atoms with van der Waals surface area (Å²) in [5, 5.41) is 0.150. The first kappa shape index (κ1) is 17.4. The molecule has 20 heavy (non-hydrogen) atoms. The fourth-order valence-electron chi connectivity index (χ4n) is 1.54. The number of nitrogens with zero attached hydrogens (tertiary/aromatic N) is 2. The van der Waals surface area contributed by atoms with Crippen molar-refractivity contribution < 1.29 is 21.6 Å². The molecule has 0 aromatic carbocycles. The minimum atomic E-state index is -4.55. The van der Waals surface area contributed by atoms with E-state index in [0.717, 1.165) is 5.56 Å². The van der Waals surface area contributed by atoms with Gasteiger partial charge in [-0.2, -0.15) is 17.5 Å². The highest BCUT2D eigenvalue weighted by Gasteiger charge is 2.35. The molecule has 1 aromatic rings. The topological polar surface area (TPSA) is 50.3 Å². The molecule has 1 aromatic heterocycles.